The minimum Gasteiger partial charge on any atom is -0.481 e. The molecule has 0 aliphatic heterocycles. The number of hydrogen-bond donors (Lipinski definition) is 2. The van der Waals surface area contributed by atoms with Crippen molar-refractivity contribution in [1.29, 1.82) is 0 Å². The Morgan fingerprint density at radius 1 is 1.29 bits per heavy atom. The lowest BCUT2D eigenvalue weighted by atomic mass is 10.3. The maximum atomic E-state index is 12.3. The van der Waals surface area contributed by atoms with Crippen molar-refractivity contribution < 1.29 is 13.2 Å². The van der Waals surface area contributed by atoms with E-state index in [1.54, 1.807) is 36.8 Å². The molecule has 2 rings (SSSR count). The fourth-order valence-electron chi connectivity index (χ4n) is 1.75. The third-order valence-electron chi connectivity index (χ3n) is 2.80. The molecule has 8 heteroatoms. The van der Waals surface area contributed by atoms with Gasteiger partial charge in [0.1, 0.15) is 0 Å². The average Bonchev–Trinajstić information content (AvgIpc) is 2.95. The first kappa shape index (κ1) is 15.9. The Bertz CT molecular complexity index is 681. The van der Waals surface area contributed by atoms with Crippen LogP contribution in [0, 0.1) is 0 Å². The number of pyridine rings is 1. The lowest BCUT2D eigenvalue weighted by molar-refractivity contribution is 0.397. The highest BCUT2D eigenvalue weighted by Crippen LogP contribution is 2.21. The second-order valence-corrected chi connectivity index (χ2v) is 7.01. The first-order chi connectivity index (χ1) is 10.1. The summed E-state index contributed by atoms with van der Waals surface area (Å²) in [5.74, 6) is 0.496. The third kappa shape index (κ3) is 4.01. The summed E-state index contributed by atoms with van der Waals surface area (Å²) >= 11 is 1.42. The second kappa shape index (κ2) is 6.99. The van der Waals surface area contributed by atoms with Crippen molar-refractivity contribution in [3.05, 3.63) is 40.2 Å². The molecule has 0 aromatic carbocycles. The zero-order chi connectivity index (χ0) is 15.3. The molecular formula is C13H17N3O3S2. The van der Waals surface area contributed by atoms with Crippen LogP contribution >= 0.6 is 11.3 Å². The maximum Gasteiger partial charge on any atom is 0.242 e. The fraction of sp³-hybridized carbons (Fsp3) is 0.308. The molecule has 0 bridgehead atoms. The summed E-state index contributed by atoms with van der Waals surface area (Å²) < 4.78 is 32.2. The van der Waals surface area contributed by atoms with E-state index in [1.165, 1.54) is 18.4 Å². The van der Waals surface area contributed by atoms with Gasteiger partial charge in [-0.2, -0.15) is 0 Å². The van der Waals surface area contributed by atoms with E-state index in [1.807, 2.05) is 0 Å². The highest BCUT2D eigenvalue weighted by Gasteiger charge is 2.19. The Morgan fingerprint density at radius 2 is 2.10 bits per heavy atom. The maximum absolute atomic E-state index is 12.3. The first-order valence-electron chi connectivity index (χ1n) is 6.26. The van der Waals surface area contributed by atoms with Crippen LogP contribution in [-0.4, -0.2) is 27.6 Å². The van der Waals surface area contributed by atoms with E-state index in [0.29, 0.717) is 17.3 Å². The highest BCUT2D eigenvalue weighted by atomic mass is 32.2. The van der Waals surface area contributed by atoms with Gasteiger partial charge in [-0.25, -0.2) is 18.1 Å². The van der Waals surface area contributed by atoms with E-state index >= 15 is 0 Å². The zero-order valence-electron chi connectivity index (χ0n) is 11.8. The average molecular weight is 327 g/mol. The normalized spacial score (nSPS) is 11.5. The van der Waals surface area contributed by atoms with Gasteiger partial charge >= 0.3 is 0 Å². The first-order valence-corrected chi connectivity index (χ1v) is 8.62. The van der Waals surface area contributed by atoms with Crippen LogP contribution in [0.15, 0.2) is 34.7 Å². The number of thiophene rings is 1. The van der Waals surface area contributed by atoms with E-state index in [9.17, 15) is 8.42 Å². The number of ether oxygens (including phenoxy) is 1. The number of aromatic nitrogens is 1. The molecule has 0 amide bonds. The van der Waals surface area contributed by atoms with Crippen LogP contribution in [0.5, 0.6) is 5.88 Å². The molecule has 0 saturated carbocycles. The van der Waals surface area contributed by atoms with Gasteiger partial charge in [0.15, 0.2) is 0 Å². The van der Waals surface area contributed by atoms with E-state index in [0.717, 1.165) is 10.4 Å². The molecule has 0 radical (unpaired) electrons. The molecule has 114 valence electrons. The molecule has 2 aromatic heterocycles. The molecule has 0 saturated heterocycles. The molecule has 0 atom stereocenters. The van der Waals surface area contributed by atoms with Crippen LogP contribution in [-0.2, 0) is 23.1 Å². The Morgan fingerprint density at radius 3 is 2.71 bits per heavy atom. The van der Waals surface area contributed by atoms with Crippen molar-refractivity contribution in [2.24, 2.45) is 0 Å². The Kier molecular flexibility index (Phi) is 5.29. The van der Waals surface area contributed by atoms with E-state index in [4.69, 9.17) is 4.74 Å². The third-order valence-corrected chi connectivity index (χ3v) is 5.34. The number of sulfonamides is 1. The highest BCUT2D eigenvalue weighted by molar-refractivity contribution is 7.89. The largest absolute Gasteiger partial charge is 0.481 e. The minimum atomic E-state index is -3.52. The topological polar surface area (TPSA) is 80.3 Å². The summed E-state index contributed by atoms with van der Waals surface area (Å²) in [7, 11) is -0.206. The number of nitrogens with zero attached hydrogens (tertiary/aromatic N) is 1. The predicted molar refractivity (Wildman–Crippen MR) is 81.9 cm³/mol. The van der Waals surface area contributed by atoms with Crippen molar-refractivity contribution in [2.45, 2.75) is 18.0 Å². The van der Waals surface area contributed by atoms with Crippen molar-refractivity contribution in [2.75, 3.05) is 14.2 Å². The smallest absolute Gasteiger partial charge is 0.242 e. The van der Waals surface area contributed by atoms with Crippen LogP contribution in [0.2, 0.25) is 0 Å². The molecule has 0 unspecified atom stereocenters. The molecular weight excluding hydrogens is 310 g/mol. The van der Waals surface area contributed by atoms with Crippen molar-refractivity contribution in [1.82, 2.24) is 15.0 Å². The van der Waals surface area contributed by atoms with E-state index < -0.39 is 10.0 Å². The second-order valence-electron chi connectivity index (χ2n) is 4.27. The predicted octanol–water partition coefficient (Wildman–Crippen LogP) is 1.35. The molecule has 6 nitrogen and oxygen atoms in total. The molecule has 0 fully saturated rings. The van der Waals surface area contributed by atoms with E-state index in [-0.39, 0.29) is 6.54 Å². The van der Waals surface area contributed by atoms with Crippen molar-refractivity contribution in [3.63, 3.8) is 0 Å². The van der Waals surface area contributed by atoms with Gasteiger partial charge in [-0.3, -0.25) is 0 Å². The summed E-state index contributed by atoms with van der Waals surface area (Å²) in [6.07, 6.45) is 1.59. The van der Waals surface area contributed by atoms with Crippen LogP contribution in [0.25, 0.3) is 0 Å². The SMILES string of the molecule is CNCc1sccc1S(=O)(=O)NCc1ccc(OC)nc1. The standard InChI is InChI=1S/C13H17N3O3S2/c1-14-9-11-12(5-6-20-11)21(17,18)16-8-10-3-4-13(19-2)15-7-10/h3-7,14,16H,8-9H2,1-2H3. The quantitative estimate of drug-likeness (QED) is 0.802. The zero-order valence-corrected chi connectivity index (χ0v) is 13.4. The Hall–Kier alpha value is -1.48. The van der Waals surface area contributed by atoms with Crippen molar-refractivity contribution >= 4 is 21.4 Å². The minimum absolute atomic E-state index is 0.189. The summed E-state index contributed by atoms with van der Waals surface area (Å²) in [5, 5.41) is 4.74. The molecule has 0 aliphatic carbocycles. The summed E-state index contributed by atoms with van der Waals surface area (Å²) in [6.45, 7) is 0.714. The Labute approximate surface area is 128 Å². The van der Waals surface area contributed by atoms with Gasteiger partial charge in [-0.15, -0.1) is 11.3 Å². The van der Waals surface area contributed by atoms with Gasteiger partial charge in [0.25, 0.3) is 0 Å². The molecule has 2 aromatic rings. The van der Waals surface area contributed by atoms with Gasteiger partial charge in [-0.05, 0) is 24.1 Å². The van der Waals surface area contributed by atoms with Gasteiger partial charge in [0.2, 0.25) is 15.9 Å². The van der Waals surface area contributed by atoms with Gasteiger partial charge < -0.3 is 10.1 Å². The molecule has 2 heterocycles. The number of methoxy groups -OCH3 is 1. The number of rotatable bonds is 7. The van der Waals surface area contributed by atoms with Gasteiger partial charge in [-0.1, -0.05) is 6.07 Å². The van der Waals surface area contributed by atoms with Crippen LogP contribution < -0.4 is 14.8 Å². The molecule has 2 N–H and O–H groups in total. The molecule has 0 spiro atoms. The van der Waals surface area contributed by atoms with Crippen LogP contribution in [0.4, 0.5) is 0 Å². The monoisotopic (exact) mass is 327 g/mol. The lowest BCUT2D eigenvalue weighted by Gasteiger charge is -2.08. The van der Waals surface area contributed by atoms with Crippen LogP contribution in [0.1, 0.15) is 10.4 Å². The van der Waals surface area contributed by atoms with Crippen molar-refractivity contribution in [3.8, 4) is 5.88 Å². The summed E-state index contributed by atoms with van der Waals surface area (Å²) in [4.78, 5) is 5.15. The lowest BCUT2D eigenvalue weighted by Crippen LogP contribution is -2.24. The van der Waals surface area contributed by atoms with Gasteiger partial charge in [0.05, 0.1) is 12.0 Å². The van der Waals surface area contributed by atoms with Gasteiger partial charge in [0, 0.05) is 30.2 Å². The summed E-state index contributed by atoms with van der Waals surface area (Å²) in [5.41, 5.74) is 0.768. The number of nitrogens with one attached hydrogen (secondary N) is 2. The van der Waals surface area contributed by atoms with Crippen LogP contribution in [0.3, 0.4) is 0 Å². The Balaban J connectivity index is 2.08. The molecule has 21 heavy (non-hydrogen) atoms. The van der Waals surface area contributed by atoms with E-state index in [2.05, 4.69) is 15.0 Å². The fourth-order valence-corrected chi connectivity index (χ4v) is 4.22. The molecule has 0 aliphatic rings. The summed E-state index contributed by atoms with van der Waals surface area (Å²) in [6, 6.07) is 5.09. The number of hydrogen-bond acceptors (Lipinski definition) is 6.